The second kappa shape index (κ2) is 6.36. The van der Waals surface area contributed by atoms with Crippen molar-refractivity contribution in [1.82, 2.24) is 15.1 Å². The van der Waals surface area contributed by atoms with Crippen LogP contribution in [-0.4, -0.2) is 33.8 Å². The van der Waals surface area contributed by atoms with Crippen LogP contribution in [0.2, 0.25) is 0 Å². The standard InChI is InChI=1S/C13H21N3O3/c1-5-19-12(18)13(4,10(2)3)15-11(17)9-16-8-6-7-14-16/h6-8,10H,5,9H2,1-4H3,(H,15,17). The number of esters is 1. The van der Waals surface area contributed by atoms with Crippen LogP contribution in [-0.2, 0) is 20.9 Å². The molecular weight excluding hydrogens is 246 g/mol. The van der Waals surface area contributed by atoms with E-state index in [9.17, 15) is 9.59 Å². The minimum absolute atomic E-state index is 0.0758. The van der Waals surface area contributed by atoms with Crippen molar-refractivity contribution in [3.05, 3.63) is 18.5 Å². The van der Waals surface area contributed by atoms with Crippen LogP contribution in [0.25, 0.3) is 0 Å². The highest BCUT2D eigenvalue weighted by Crippen LogP contribution is 2.18. The molecule has 0 aliphatic heterocycles. The van der Waals surface area contributed by atoms with Gasteiger partial charge < -0.3 is 10.1 Å². The van der Waals surface area contributed by atoms with Crippen molar-refractivity contribution in [2.24, 2.45) is 5.92 Å². The second-order valence-corrected chi connectivity index (χ2v) is 4.83. The molecule has 0 saturated heterocycles. The Morgan fingerprint density at radius 2 is 2.16 bits per heavy atom. The van der Waals surface area contributed by atoms with Crippen molar-refractivity contribution in [2.75, 3.05) is 6.61 Å². The van der Waals surface area contributed by atoms with E-state index in [4.69, 9.17) is 4.74 Å². The van der Waals surface area contributed by atoms with Crippen LogP contribution < -0.4 is 5.32 Å². The van der Waals surface area contributed by atoms with Gasteiger partial charge in [-0.15, -0.1) is 0 Å². The average molecular weight is 267 g/mol. The first kappa shape index (κ1) is 15.2. The lowest BCUT2D eigenvalue weighted by Gasteiger charge is -2.32. The van der Waals surface area contributed by atoms with E-state index in [1.54, 1.807) is 32.3 Å². The third-order valence-electron chi connectivity index (χ3n) is 3.12. The summed E-state index contributed by atoms with van der Waals surface area (Å²) in [6, 6.07) is 1.74. The Hall–Kier alpha value is -1.85. The minimum Gasteiger partial charge on any atom is -0.464 e. The maximum atomic E-state index is 12.0. The summed E-state index contributed by atoms with van der Waals surface area (Å²) in [4.78, 5) is 23.9. The molecule has 0 aromatic carbocycles. The molecule has 1 aromatic heterocycles. The van der Waals surface area contributed by atoms with E-state index in [2.05, 4.69) is 10.4 Å². The third kappa shape index (κ3) is 3.81. The lowest BCUT2D eigenvalue weighted by molar-refractivity contribution is -0.154. The Balaban J connectivity index is 2.72. The number of ether oxygens (including phenoxy) is 1. The van der Waals surface area contributed by atoms with Gasteiger partial charge >= 0.3 is 5.97 Å². The summed E-state index contributed by atoms with van der Waals surface area (Å²) >= 11 is 0. The Kier molecular flexibility index (Phi) is 5.09. The molecule has 1 amide bonds. The Morgan fingerprint density at radius 3 is 2.63 bits per heavy atom. The summed E-state index contributed by atoms with van der Waals surface area (Å²) in [5.74, 6) is -0.764. The Morgan fingerprint density at radius 1 is 1.47 bits per heavy atom. The molecule has 106 valence electrons. The molecule has 6 nitrogen and oxygen atoms in total. The first-order chi connectivity index (χ1) is 8.90. The van der Waals surface area contributed by atoms with Gasteiger partial charge in [0.05, 0.1) is 6.61 Å². The number of hydrogen-bond donors (Lipinski definition) is 1. The van der Waals surface area contributed by atoms with Gasteiger partial charge in [0.25, 0.3) is 0 Å². The summed E-state index contributed by atoms with van der Waals surface area (Å²) in [6.45, 7) is 7.52. The molecule has 1 rings (SSSR count). The highest BCUT2D eigenvalue weighted by Gasteiger charge is 2.39. The van der Waals surface area contributed by atoms with Crippen LogP contribution >= 0.6 is 0 Å². The van der Waals surface area contributed by atoms with Gasteiger partial charge in [-0.1, -0.05) is 13.8 Å². The Labute approximate surface area is 113 Å². The lowest BCUT2D eigenvalue weighted by atomic mass is 9.88. The smallest absolute Gasteiger partial charge is 0.331 e. The lowest BCUT2D eigenvalue weighted by Crippen LogP contribution is -2.57. The zero-order valence-electron chi connectivity index (χ0n) is 11.8. The number of hydrogen-bond acceptors (Lipinski definition) is 4. The van der Waals surface area contributed by atoms with Crippen molar-refractivity contribution < 1.29 is 14.3 Å². The molecule has 6 heteroatoms. The Bertz CT molecular complexity index is 428. The monoisotopic (exact) mass is 267 g/mol. The quantitative estimate of drug-likeness (QED) is 0.780. The van der Waals surface area contributed by atoms with Crippen LogP contribution in [0.4, 0.5) is 0 Å². The zero-order chi connectivity index (χ0) is 14.5. The molecular formula is C13H21N3O3. The molecule has 0 aliphatic carbocycles. The van der Waals surface area contributed by atoms with Gasteiger partial charge in [-0.25, -0.2) is 4.79 Å². The van der Waals surface area contributed by atoms with Crippen LogP contribution in [0.5, 0.6) is 0 Å². The summed E-state index contributed by atoms with van der Waals surface area (Å²) in [6.07, 6.45) is 3.29. The number of rotatable bonds is 6. The van der Waals surface area contributed by atoms with Gasteiger partial charge in [0.15, 0.2) is 0 Å². The minimum atomic E-state index is -1.03. The maximum absolute atomic E-state index is 12.0. The van der Waals surface area contributed by atoms with E-state index in [1.165, 1.54) is 4.68 Å². The van der Waals surface area contributed by atoms with Crippen molar-refractivity contribution in [3.63, 3.8) is 0 Å². The number of amides is 1. The average Bonchev–Trinajstić information content (AvgIpc) is 2.81. The van der Waals surface area contributed by atoms with Crippen molar-refractivity contribution in [2.45, 2.75) is 39.8 Å². The molecule has 1 heterocycles. The van der Waals surface area contributed by atoms with Crippen molar-refractivity contribution >= 4 is 11.9 Å². The topological polar surface area (TPSA) is 73.2 Å². The van der Waals surface area contributed by atoms with Crippen LogP contribution in [0.3, 0.4) is 0 Å². The summed E-state index contributed by atoms with van der Waals surface area (Å²) in [5.41, 5.74) is -1.03. The highest BCUT2D eigenvalue weighted by atomic mass is 16.5. The molecule has 1 atom stereocenters. The van der Waals surface area contributed by atoms with E-state index in [0.29, 0.717) is 0 Å². The number of nitrogens with zero attached hydrogens (tertiary/aromatic N) is 2. The van der Waals surface area contributed by atoms with Crippen LogP contribution in [0.1, 0.15) is 27.7 Å². The fraction of sp³-hybridized carbons (Fsp3) is 0.615. The SMILES string of the molecule is CCOC(=O)C(C)(NC(=O)Cn1cccn1)C(C)C. The van der Waals surface area contributed by atoms with E-state index in [0.717, 1.165) is 0 Å². The van der Waals surface area contributed by atoms with Crippen molar-refractivity contribution in [1.29, 1.82) is 0 Å². The van der Waals surface area contributed by atoms with E-state index >= 15 is 0 Å². The predicted molar refractivity (Wildman–Crippen MR) is 70.2 cm³/mol. The zero-order valence-corrected chi connectivity index (χ0v) is 11.8. The van der Waals surface area contributed by atoms with Gasteiger partial charge in [-0.2, -0.15) is 5.10 Å². The number of nitrogens with one attached hydrogen (secondary N) is 1. The van der Waals surface area contributed by atoms with E-state index < -0.39 is 11.5 Å². The molecule has 1 aromatic rings. The van der Waals surface area contributed by atoms with Crippen LogP contribution in [0, 0.1) is 5.92 Å². The van der Waals surface area contributed by atoms with E-state index in [1.807, 2.05) is 13.8 Å². The second-order valence-electron chi connectivity index (χ2n) is 4.83. The van der Waals surface area contributed by atoms with Gasteiger partial charge in [0.2, 0.25) is 5.91 Å². The first-order valence-corrected chi connectivity index (χ1v) is 6.35. The summed E-state index contributed by atoms with van der Waals surface area (Å²) < 4.78 is 6.53. The van der Waals surface area contributed by atoms with Crippen molar-refractivity contribution in [3.8, 4) is 0 Å². The molecule has 0 spiro atoms. The first-order valence-electron chi connectivity index (χ1n) is 6.35. The van der Waals surface area contributed by atoms with Gasteiger partial charge in [0.1, 0.15) is 12.1 Å². The highest BCUT2D eigenvalue weighted by molar-refractivity contribution is 5.87. The molecule has 0 radical (unpaired) electrons. The van der Waals surface area contributed by atoms with Gasteiger partial charge in [-0.3, -0.25) is 9.48 Å². The maximum Gasteiger partial charge on any atom is 0.331 e. The molecule has 1 N–H and O–H groups in total. The third-order valence-corrected chi connectivity index (χ3v) is 3.12. The van der Waals surface area contributed by atoms with Gasteiger partial charge in [0, 0.05) is 12.4 Å². The summed E-state index contributed by atoms with van der Waals surface area (Å²) in [7, 11) is 0. The largest absolute Gasteiger partial charge is 0.464 e. The fourth-order valence-corrected chi connectivity index (χ4v) is 1.58. The van der Waals surface area contributed by atoms with E-state index in [-0.39, 0.29) is 25.0 Å². The predicted octanol–water partition coefficient (Wildman–Crippen LogP) is 0.977. The molecule has 1 unspecified atom stereocenters. The molecule has 0 bridgehead atoms. The number of aromatic nitrogens is 2. The molecule has 19 heavy (non-hydrogen) atoms. The fourth-order valence-electron chi connectivity index (χ4n) is 1.58. The summed E-state index contributed by atoms with van der Waals surface area (Å²) in [5, 5.41) is 6.69. The molecule has 0 saturated carbocycles. The number of carbonyl (C=O) groups is 2. The van der Waals surface area contributed by atoms with Gasteiger partial charge in [-0.05, 0) is 25.8 Å². The number of carbonyl (C=O) groups excluding carboxylic acids is 2. The normalized spacial score (nSPS) is 13.9. The molecule has 0 fully saturated rings. The van der Waals surface area contributed by atoms with Crippen LogP contribution in [0.15, 0.2) is 18.5 Å². The molecule has 0 aliphatic rings.